The summed E-state index contributed by atoms with van der Waals surface area (Å²) >= 11 is 0. The standard InChI is InChI=1S/C15H23N3O3S/c1-3-12-6-8-13(9-7-12)16-15(19)17-14-5-4-10-18(11-14)22(2,20)21/h6-9,14H,3-5,10-11H2,1-2H3,(H2,16,17,19)/t14-/m1/s1. The first-order chi connectivity index (χ1) is 10.4. The number of piperidine rings is 1. The highest BCUT2D eigenvalue weighted by molar-refractivity contribution is 7.88. The highest BCUT2D eigenvalue weighted by atomic mass is 32.2. The monoisotopic (exact) mass is 325 g/mol. The lowest BCUT2D eigenvalue weighted by Gasteiger charge is -2.31. The molecule has 7 heteroatoms. The van der Waals surface area contributed by atoms with Crippen LogP contribution in [0.1, 0.15) is 25.3 Å². The van der Waals surface area contributed by atoms with Gasteiger partial charge in [0.1, 0.15) is 0 Å². The van der Waals surface area contributed by atoms with Crippen LogP contribution in [0.4, 0.5) is 10.5 Å². The van der Waals surface area contributed by atoms with Gasteiger partial charge in [-0.1, -0.05) is 19.1 Å². The Bertz CT molecular complexity index is 613. The van der Waals surface area contributed by atoms with E-state index in [4.69, 9.17) is 0 Å². The molecular weight excluding hydrogens is 302 g/mol. The van der Waals surface area contributed by atoms with Crippen molar-refractivity contribution in [3.05, 3.63) is 29.8 Å². The van der Waals surface area contributed by atoms with Crippen LogP contribution in [0.15, 0.2) is 24.3 Å². The van der Waals surface area contributed by atoms with E-state index in [0.29, 0.717) is 13.1 Å². The van der Waals surface area contributed by atoms with E-state index < -0.39 is 10.0 Å². The van der Waals surface area contributed by atoms with Gasteiger partial charge < -0.3 is 10.6 Å². The van der Waals surface area contributed by atoms with Crippen molar-refractivity contribution in [1.29, 1.82) is 0 Å². The normalized spacial score (nSPS) is 19.6. The van der Waals surface area contributed by atoms with Crippen molar-refractivity contribution in [3.63, 3.8) is 0 Å². The van der Waals surface area contributed by atoms with Gasteiger partial charge in [0.2, 0.25) is 10.0 Å². The molecule has 0 saturated carbocycles. The van der Waals surface area contributed by atoms with E-state index in [1.807, 2.05) is 24.3 Å². The molecule has 0 aliphatic carbocycles. The third-order valence-corrected chi connectivity index (χ3v) is 5.08. The molecule has 0 aromatic heterocycles. The minimum absolute atomic E-state index is 0.154. The van der Waals surface area contributed by atoms with E-state index in [2.05, 4.69) is 17.6 Å². The first kappa shape index (κ1) is 16.8. The number of hydrogen-bond acceptors (Lipinski definition) is 3. The molecule has 0 spiro atoms. The molecule has 122 valence electrons. The summed E-state index contributed by atoms with van der Waals surface area (Å²) in [5.74, 6) is 0. The fraction of sp³-hybridized carbons (Fsp3) is 0.533. The molecule has 1 aliphatic heterocycles. The first-order valence-electron chi connectivity index (χ1n) is 7.50. The molecule has 1 heterocycles. The van der Waals surface area contributed by atoms with Gasteiger partial charge in [0.05, 0.1) is 6.26 Å². The Balaban J connectivity index is 1.88. The van der Waals surface area contributed by atoms with Crippen molar-refractivity contribution in [1.82, 2.24) is 9.62 Å². The third-order valence-electron chi connectivity index (χ3n) is 3.81. The average Bonchev–Trinajstić information content (AvgIpc) is 2.47. The molecule has 0 radical (unpaired) electrons. The number of carbonyl (C=O) groups is 1. The number of benzene rings is 1. The van der Waals surface area contributed by atoms with Gasteiger partial charge in [-0.2, -0.15) is 0 Å². The number of nitrogens with zero attached hydrogens (tertiary/aromatic N) is 1. The first-order valence-corrected chi connectivity index (χ1v) is 9.35. The number of amides is 2. The minimum Gasteiger partial charge on any atom is -0.334 e. The maximum absolute atomic E-state index is 12.0. The topological polar surface area (TPSA) is 78.5 Å². The van der Waals surface area contributed by atoms with Gasteiger partial charge in [-0.3, -0.25) is 0 Å². The van der Waals surface area contributed by atoms with Gasteiger partial charge >= 0.3 is 6.03 Å². The summed E-state index contributed by atoms with van der Waals surface area (Å²) in [6.07, 6.45) is 3.69. The predicted octanol–water partition coefficient (Wildman–Crippen LogP) is 1.79. The van der Waals surface area contributed by atoms with Crippen molar-refractivity contribution in [3.8, 4) is 0 Å². The zero-order valence-electron chi connectivity index (χ0n) is 13.0. The van der Waals surface area contributed by atoms with Crippen molar-refractivity contribution in [2.45, 2.75) is 32.2 Å². The highest BCUT2D eigenvalue weighted by Gasteiger charge is 2.26. The lowest BCUT2D eigenvalue weighted by molar-refractivity contribution is 0.236. The van der Waals surface area contributed by atoms with Crippen molar-refractivity contribution < 1.29 is 13.2 Å². The lowest BCUT2D eigenvalue weighted by atomic mass is 10.1. The van der Waals surface area contributed by atoms with Crippen LogP contribution in [-0.4, -0.2) is 44.1 Å². The molecule has 2 N–H and O–H groups in total. The van der Waals surface area contributed by atoms with E-state index in [1.54, 1.807) is 0 Å². The molecule has 1 saturated heterocycles. The van der Waals surface area contributed by atoms with Crippen molar-refractivity contribution in [2.24, 2.45) is 0 Å². The number of aryl methyl sites for hydroxylation is 1. The second-order valence-electron chi connectivity index (χ2n) is 5.61. The Hall–Kier alpha value is -1.60. The highest BCUT2D eigenvalue weighted by Crippen LogP contribution is 2.14. The quantitative estimate of drug-likeness (QED) is 0.886. The number of rotatable bonds is 4. The molecule has 1 fully saturated rings. The summed E-state index contributed by atoms with van der Waals surface area (Å²) in [6.45, 7) is 2.93. The number of anilines is 1. The van der Waals surface area contributed by atoms with E-state index in [9.17, 15) is 13.2 Å². The fourth-order valence-corrected chi connectivity index (χ4v) is 3.45. The molecule has 0 bridgehead atoms. The third kappa shape index (κ3) is 4.71. The number of hydrogen-bond donors (Lipinski definition) is 2. The zero-order valence-corrected chi connectivity index (χ0v) is 13.8. The maximum Gasteiger partial charge on any atom is 0.319 e. The molecule has 0 unspecified atom stereocenters. The predicted molar refractivity (Wildman–Crippen MR) is 87.4 cm³/mol. The molecular formula is C15H23N3O3S. The second kappa shape index (κ2) is 7.11. The summed E-state index contributed by atoms with van der Waals surface area (Å²) in [7, 11) is -3.20. The molecule has 1 aliphatic rings. The number of nitrogens with one attached hydrogen (secondary N) is 2. The van der Waals surface area contributed by atoms with Crippen LogP contribution in [0.25, 0.3) is 0 Å². The smallest absolute Gasteiger partial charge is 0.319 e. The van der Waals surface area contributed by atoms with E-state index in [1.165, 1.54) is 16.1 Å². The Morgan fingerprint density at radius 3 is 2.59 bits per heavy atom. The van der Waals surface area contributed by atoms with Gasteiger partial charge in [-0.25, -0.2) is 17.5 Å². The van der Waals surface area contributed by atoms with Crippen LogP contribution >= 0.6 is 0 Å². The molecule has 1 aromatic rings. The Morgan fingerprint density at radius 2 is 2.00 bits per heavy atom. The Labute approximate surface area is 131 Å². The summed E-state index contributed by atoms with van der Waals surface area (Å²) in [5, 5.41) is 5.62. The number of urea groups is 1. The lowest BCUT2D eigenvalue weighted by Crippen LogP contribution is -2.50. The van der Waals surface area contributed by atoms with Gasteiger partial charge in [0.15, 0.2) is 0 Å². The Kier molecular flexibility index (Phi) is 5.42. The van der Waals surface area contributed by atoms with Gasteiger partial charge in [-0.05, 0) is 37.0 Å². The van der Waals surface area contributed by atoms with E-state index >= 15 is 0 Å². The summed E-state index contributed by atoms with van der Waals surface area (Å²) in [6, 6.07) is 7.22. The number of sulfonamides is 1. The van der Waals surface area contributed by atoms with Crippen LogP contribution < -0.4 is 10.6 Å². The second-order valence-corrected chi connectivity index (χ2v) is 7.59. The molecule has 22 heavy (non-hydrogen) atoms. The van der Waals surface area contributed by atoms with Crippen LogP contribution in [0.3, 0.4) is 0 Å². The maximum atomic E-state index is 12.0. The molecule has 2 amide bonds. The van der Waals surface area contributed by atoms with Gasteiger partial charge in [-0.15, -0.1) is 0 Å². The minimum atomic E-state index is -3.20. The van der Waals surface area contributed by atoms with Crippen molar-refractivity contribution >= 4 is 21.7 Å². The molecule has 1 aromatic carbocycles. The van der Waals surface area contributed by atoms with Crippen LogP contribution in [0, 0.1) is 0 Å². The largest absolute Gasteiger partial charge is 0.334 e. The molecule has 2 rings (SSSR count). The van der Waals surface area contributed by atoms with E-state index in [0.717, 1.165) is 24.9 Å². The van der Waals surface area contributed by atoms with Crippen molar-refractivity contribution in [2.75, 3.05) is 24.7 Å². The van der Waals surface area contributed by atoms with Gasteiger partial charge in [0.25, 0.3) is 0 Å². The molecule has 1 atom stereocenters. The average molecular weight is 325 g/mol. The van der Waals surface area contributed by atoms with Gasteiger partial charge in [0, 0.05) is 24.8 Å². The zero-order chi connectivity index (χ0) is 16.2. The Morgan fingerprint density at radius 1 is 1.32 bits per heavy atom. The molecule has 6 nitrogen and oxygen atoms in total. The summed E-state index contributed by atoms with van der Waals surface area (Å²) < 4.78 is 24.5. The summed E-state index contributed by atoms with van der Waals surface area (Å²) in [5.41, 5.74) is 1.94. The van der Waals surface area contributed by atoms with Crippen LogP contribution in [-0.2, 0) is 16.4 Å². The van der Waals surface area contributed by atoms with Crippen LogP contribution in [0.5, 0.6) is 0 Å². The SMILES string of the molecule is CCc1ccc(NC(=O)N[C@@H]2CCCN(S(C)(=O)=O)C2)cc1. The van der Waals surface area contributed by atoms with E-state index in [-0.39, 0.29) is 12.1 Å². The fourth-order valence-electron chi connectivity index (χ4n) is 2.54. The number of carbonyl (C=O) groups excluding carboxylic acids is 1. The van der Waals surface area contributed by atoms with Crippen LogP contribution in [0.2, 0.25) is 0 Å². The summed E-state index contributed by atoms with van der Waals surface area (Å²) in [4.78, 5) is 12.0.